The van der Waals surface area contributed by atoms with E-state index in [1.165, 1.54) is 0 Å². The average molecular weight is 169 g/mol. The number of halogens is 1. The number of hydrogen-bond acceptors (Lipinski definition) is 1. The van der Waals surface area contributed by atoms with Gasteiger partial charge in [0.15, 0.2) is 0 Å². The molecule has 0 heterocycles. The van der Waals surface area contributed by atoms with Crippen LogP contribution >= 0.6 is 0 Å². The molecule has 2 heteroatoms. The second kappa shape index (κ2) is 2.56. The third-order valence-corrected chi connectivity index (χ3v) is 3.38. The van der Waals surface area contributed by atoms with Gasteiger partial charge in [0.1, 0.15) is 6.17 Å². The van der Waals surface area contributed by atoms with E-state index < -0.39 is 6.17 Å². The molecule has 12 heavy (non-hydrogen) atoms. The van der Waals surface area contributed by atoms with Gasteiger partial charge in [0.25, 0.3) is 0 Å². The predicted octanol–water partition coefficient (Wildman–Crippen LogP) is 1.90. The molecule has 68 valence electrons. The number of nitrogens with one attached hydrogen (secondary N) is 1. The molecule has 0 aromatic heterocycles. The zero-order chi connectivity index (χ0) is 8.77. The zero-order valence-electron chi connectivity index (χ0n) is 7.68. The van der Waals surface area contributed by atoms with Crippen LogP contribution in [0.15, 0.2) is 12.2 Å². The third kappa shape index (κ3) is 0.875. The van der Waals surface area contributed by atoms with Gasteiger partial charge in [-0.2, -0.15) is 0 Å². The van der Waals surface area contributed by atoms with Gasteiger partial charge in [0.05, 0.1) is 0 Å². The quantitative estimate of drug-likeness (QED) is 0.591. The fourth-order valence-corrected chi connectivity index (χ4v) is 2.69. The van der Waals surface area contributed by atoms with Crippen LogP contribution in [-0.2, 0) is 0 Å². The summed E-state index contributed by atoms with van der Waals surface area (Å²) >= 11 is 0. The highest BCUT2D eigenvalue weighted by atomic mass is 19.1. The van der Waals surface area contributed by atoms with Gasteiger partial charge < -0.3 is 5.32 Å². The van der Waals surface area contributed by atoms with Crippen molar-refractivity contribution in [2.75, 3.05) is 7.05 Å². The summed E-state index contributed by atoms with van der Waals surface area (Å²) in [6.45, 7) is 2.14. The standard InChI is InChI=1S/C10H16FN/c1-7-5-8(11)10(6-7)4-3-9(10)12-2/h3-4,7-9,12H,5-6H2,1-2H3. The SMILES string of the molecule is CNC1C=CC12CC(C)CC2F. The van der Waals surface area contributed by atoms with E-state index in [0.29, 0.717) is 5.92 Å². The molecule has 1 saturated carbocycles. The van der Waals surface area contributed by atoms with Crippen molar-refractivity contribution in [1.29, 1.82) is 0 Å². The van der Waals surface area contributed by atoms with E-state index >= 15 is 0 Å². The highest BCUT2D eigenvalue weighted by Crippen LogP contribution is 2.51. The molecule has 2 aliphatic rings. The lowest BCUT2D eigenvalue weighted by Crippen LogP contribution is -2.50. The first kappa shape index (κ1) is 8.24. The Morgan fingerprint density at radius 2 is 2.33 bits per heavy atom. The summed E-state index contributed by atoms with van der Waals surface area (Å²) in [4.78, 5) is 0. The maximum Gasteiger partial charge on any atom is 0.111 e. The zero-order valence-corrected chi connectivity index (χ0v) is 7.68. The lowest BCUT2D eigenvalue weighted by atomic mass is 9.69. The molecule has 2 rings (SSSR count). The normalized spacial score (nSPS) is 51.4. The van der Waals surface area contributed by atoms with E-state index in [2.05, 4.69) is 24.4 Å². The molecule has 4 unspecified atom stereocenters. The molecule has 1 N–H and O–H groups in total. The largest absolute Gasteiger partial charge is 0.313 e. The molecule has 0 amide bonds. The molecule has 1 spiro atoms. The molecule has 0 aromatic rings. The molecule has 0 saturated heterocycles. The average Bonchev–Trinajstić information content (AvgIpc) is 2.27. The van der Waals surface area contributed by atoms with E-state index in [1.807, 2.05) is 7.05 Å². The highest BCUT2D eigenvalue weighted by molar-refractivity contribution is 5.27. The Hall–Kier alpha value is -0.370. The van der Waals surface area contributed by atoms with Crippen LogP contribution in [0.1, 0.15) is 19.8 Å². The van der Waals surface area contributed by atoms with E-state index in [0.717, 1.165) is 12.8 Å². The Kier molecular flexibility index (Phi) is 1.76. The summed E-state index contributed by atoms with van der Waals surface area (Å²) in [6.07, 6.45) is 5.25. The molecular weight excluding hydrogens is 153 g/mol. The maximum absolute atomic E-state index is 13.6. The fraction of sp³-hybridized carbons (Fsp3) is 0.800. The number of hydrogen-bond donors (Lipinski definition) is 1. The lowest BCUT2D eigenvalue weighted by molar-refractivity contribution is 0.141. The molecule has 0 aliphatic heterocycles. The van der Waals surface area contributed by atoms with Crippen molar-refractivity contribution in [2.24, 2.45) is 11.3 Å². The second-order valence-corrected chi connectivity index (χ2v) is 4.25. The molecule has 0 radical (unpaired) electrons. The van der Waals surface area contributed by atoms with E-state index in [-0.39, 0.29) is 11.5 Å². The van der Waals surface area contributed by atoms with E-state index in [9.17, 15) is 4.39 Å². The van der Waals surface area contributed by atoms with Gasteiger partial charge in [-0.25, -0.2) is 4.39 Å². The summed E-state index contributed by atoms with van der Waals surface area (Å²) in [7, 11) is 1.91. The number of rotatable bonds is 1. The fourth-order valence-electron chi connectivity index (χ4n) is 2.69. The van der Waals surface area contributed by atoms with Crippen LogP contribution in [0.5, 0.6) is 0 Å². The van der Waals surface area contributed by atoms with Crippen LogP contribution < -0.4 is 5.32 Å². The van der Waals surface area contributed by atoms with Crippen LogP contribution in [0.3, 0.4) is 0 Å². The van der Waals surface area contributed by atoms with Gasteiger partial charge in [-0.1, -0.05) is 19.1 Å². The molecule has 1 fully saturated rings. The summed E-state index contributed by atoms with van der Waals surface area (Å²) in [5.41, 5.74) is -0.145. The molecule has 0 bridgehead atoms. The smallest absolute Gasteiger partial charge is 0.111 e. The first-order valence-electron chi connectivity index (χ1n) is 4.70. The minimum atomic E-state index is -0.630. The second-order valence-electron chi connectivity index (χ2n) is 4.25. The van der Waals surface area contributed by atoms with Crippen LogP contribution in [-0.4, -0.2) is 19.3 Å². The number of likely N-dealkylation sites (N-methyl/N-ethyl adjacent to an activating group) is 1. The van der Waals surface area contributed by atoms with Crippen LogP contribution in [0, 0.1) is 11.3 Å². The first-order valence-corrected chi connectivity index (χ1v) is 4.70. The van der Waals surface area contributed by atoms with Crippen LogP contribution in [0.2, 0.25) is 0 Å². The Balaban J connectivity index is 2.17. The van der Waals surface area contributed by atoms with Gasteiger partial charge in [0, 0.05) is 11.5 Å². The molecule has 2 aliphatic carbocycles. The third-order valence-electron chi connectivity index (χ3n) is 3.38. The summed E-state index contributed by atoms with van der Waals surface area (Å²) in [5, 5.41) is 3.16. The molecule has 0 aromatic carbocycles. The Labute approximate surface area is 73.0 Å². The van der Waals surface area contributed by atoms with Crippen molar-refractivity contribution < 1.29 is 4.39 Å². The Bertz CT molecular complexity index is 214. The highest BCUT2D eigenvalue weighted by Gasteiger charge is 2.52. The topological polar surface area (TPSA) is 12.0 Å². The maximum atomic E-state index is 13.6. The van der Waals surface area contributed by atoms with Gasteiger partial charge in [-0.15, -0.1) is 0 Å². The summed E-state index contributed by atoms with van der Waals surface area (Å²) in [6, 6.07) is 0.275. The predicted molar refractivity (Wildman–Crippen MR) is 47.7 cm³/mol. The number of alkyl halides is 1. The van der Waals surface area contributed by atoms with Gasteiger partial charge in [-0.3, -0.25) is 0 Å². The monoisotopic (exact) mass is 169 g/mol. The van der Waals surface area contributed by atoms with Crippen LogP contribution in [0.25, 0.3) is 0 Å². The van der Waals surface area contributed by atoms with Crippen molar-refractivity contribution in [2.45, 2.75) is 32.0 Å². The first-order chi connectivity index (χ1) is 5.69. The lowest BCUT2D eigenvalue weighted by Gasteiger charge is -2.42. The van der Waals surface area contributed by atoms with Gasteiger partial charge >= 0.3 is 0 Å². The van der Waals surface area contributed by atoms with Crippen LogP contribution in [0.4, 0.5) is 4.39 Å². The Morgan fingerprint density at radius 1 is 1.58 bits per heavy atom. The van der Waals surface area contributed by atoms with E-state index in [4.69, 9.17) is 0 Å². The van der Waals surface area contributed by atoms with Gasteiger partial charge in [0.2, 0.25) is 0 Å². The van der Waals surface area contributed by atoms with Crippen molar-refractivity contribution in [1.82, 2.24) is 5.32 Å². The van der Waals surface area contributed by atoms with E-state index in [1.54, 1.807) is 0 Å². The minimum absolute atomic E-state index is 0.145. The molecule has 1 nitrogen and oxygen atoms in total. The van der Waals surface area contributed by atoms with Crippen molar-refractivity contribution in [3.05, 3.63) is 12.2 Å². The van der Waals surface area contributed by atoms with Crippen molar-refractivity contribution >= 4 is 0 Å². The summed E-state index contributed by atoms with van der Waals surface area (Å²) < 4.78 is 13.6. The Morgan fingerprint density at radius 3 is 2.67 bits per heavy atom. The molecular formula is C10H16FN. The minimum Gasteiger partial charge on any atom is -0.313 e. The van der Waals surface area contributed by atoms with Crippen molar-refractivity contribution in [3.8, 4) is 0 Å². The van der Waals surface area contributed by atoms with Gasteiger partial charge in [-0.05, 0) is 25.8 Å². The van der Waals surface area contributed by atoms with Crippen molar-refractivity contribution in [3.63, 3.8) is 0 Å². The summed E-state index contributed by atoms with van der Waals surface area (Å²) in [5.74, 6) is 0.542. The molecule has 4 atom stereocenters.